The Morgan fingerprint density at radius 2 is 1.74 bits per heavy atom. The first-order valence-corrected chi connectivity index (χ1v) is 8.95. The van der Waals surface area contributed by atoms with E-state index in [0.717, 1.165) is 16.7 Å². The molecule has 1 amide bonds. The number of hydrogen-bond donors (Lipinski definition) is 2. The van der Waals surface area contributed by atoms with E-state index in [2.05, 4.69) is 0 Å². The van der Waals surface area contributed by atoms with Crippen molar-refractivity contribution >= 4 is 11.7 Å². The van der Waals surface area contributed by atoms with Crippen LogP contribution in [0.4, 0.5) is 0 Å². The van der Waals surface area contributed by atoms with Crippen molar-refractivity contribution in [1.82, 2.24) is 4.90 Å². The second-order valence-corrected chi connectivity index (χ2v) is 6.90. The van der Waals surface area contributed by atoms with Crippen LogP contribution < -0.4 is 0 Å². The van der Waals surface area contributed by atoms with Crippen molar-refractivity contribution in [2.45, 2.75) is 39.8 Å². The molecular weight excluding hydrogens is 342 g/mol. The van der Waals surface area contributed by atoms with Gasteiger partial charge in [-0.3, -0.25) is 9.59 Å². The molecule has 0 saturated heterocycles. The highest BCUT2D eigenvalue weighted by Crippen LogP contribution is 2.39. The minimum absolute atomic E-state index is 0.0979. The third-order valence-electron chi connectivity index (χ3n) is 4.98. The molecule has 140 valence electrons. The molecule has 0 bridgehead atoms. The highest BCUT2D eigenvalue weighted by Gasteiger charge is 2.42. The number of aliphatic hydroxyl groups excluding tert-OH is 1. The fourth-order valence-corrected chi connectivity index (χ4v) is 3.45. The van der Waals surface area contributed by atoms with E-state index in [4.69, 9.17) is 0 Å². The van der Waals surface area contributed by atoms with Gasteiger partial charge in [-0.25, -0.2) is 0 Å². The second-order valence-electron chi connectivity index (χ2n) is 6.90. The van der Waals surface area contributed by atoms with Gasteiger partial charge >= 0.3 is 0 Å². The van der Waals surface area contributed by atoms with Gasteiger partial charge in [-0.15, -0.1) is 0 Å². The number of nitrogens with zero attached hydrogens (tertiary/aromatic N) is 1. The number of aliphatic hydroxyl groups is 1. The molecule has 5 nitrogen and oxygen atoms in total. The van der Waals surface area contributed by atoms with Crippen LogP contribution in [-0.4, -0.2) is 26.8 Å². The second kappa shape index (κ2) is 7.27. The number of Topliss-reactive ketones (excluding diaryl/α,β-unsaturated/α-hetero) is 1. The first-order chi connectivity index (χ1) is 12.8. The van der Waals surface area contributed by atoms with Crippen molar-refractivity contribution < 1.29 is 19.8 Å². The highest BCUT2D eigenvalue weighted by atomic mass is 16.3. The molecule has 0 radical (unpaired) electrons. The van der Waals surface area contributed by atoms with Crippen molar-refractivity contribution in [1.29, 1.82) is 0 Å². The minimum atomic E-state index is -0.675. The molecule has 2 aromatic rings. The first kappa shape index (κ1) is 18.7. The molecule has 1 atom stereocenters. The Bertz CT molecular complexity index is 928. The standard InChI is InChI=1S/C22H23NO4/c1-4-18(25)19-20(15-7-9-17(24)10-8-15)23(22(27)21(19)26)12-16-11-13(2)5-6-14(16)3/h5-11,20,24,26H,4,12H2,1-3H3. The Morgan fingerprint density at radius 1 is 1.07 bits per heavy atom. The molecule has 1 aliphatic heterocycles. The van der Waals surface area contributed by atoms with Crippen LogP contribution in [-0.2, 0) is 16.1 Å². The average molecular weight is 365 g/mol. The molecule has 0 saturated carbocycles. The smallest absolute Gasteiger partial charge is 0.290 e. The van der Waals surface area contributed by atoms with E-state index in [9.17, 15) is 19.8 Å². The molecule has 1 heterocycles. The molecule has 1 unspecified atom stereocenters. The zero-order valence-electron chi connectivity index (χ0n) is 15.7. The summed E-state index contributed by atoms with van der Waals surface area (Å²) in [6.45, 7) is 5.93. The van der Waals surface area contributed by atoms with Crippen molar-refractivity contribution in [3.8, 4) is 5.75 Å². The average Bonchev–Trinajstić information content (AvgIpc) is 2.89. The van der Waals surface area contributed by atoms with E-state index in [1.54, 1.807) is 19.1 Å². The fourth-order valence-electron chi connectivity index (χ4n) is 3.45. The predicted octanol–water partition coefficient (Wildman–Crippen LogP) is 3.88. The lowest BCUT2D eigenvalue weighted by Crippen LogP contribution is -2.31. The van der Waals surface area contributed by atoms with Gasteiger partial charge in [-0.05, 0) is 42.7 Å². The minimum Gasteiger partial charge on any atom is -0.508 e. The van der Waals surface area contributed by atoms with E-state index in [0.29, 0.717) is 5.56 Å². The Kier molecular flexibility index (Phi) is 5.04. The topological polar surface area (TPSA) is 77.8 Å². The van der Waals surface area contributed by atoms with Gasteiger partial charge in [0.25, 0.3) is 5.91 Å². The van der Waals surface area contributed by atoms with Gasteiger partial charge in [0.15, 0.2) is 11.5 Å². The lowest BCUT2D eigenvalue weighted by atomic mass is 9.94. The maximum Gasteiger partial charge on any atom is 0.290 e. The summed E-state index contributed by atoms with van der Waals surface area (Å²) in [7, 11) is 0. The summed E-state index contributed by atoms with van der Waals surface area (Å²) in [6.07, 6.45) is 0.193. The molecule has 27 heavy (non-hydrogen) atoms. The van der Waals surface area contributed by atoms with Crippen LogP contribution in [0.3, 0.4) is 0 Å². The van der Waals surface area contributed by atoms with Crippen molar-refractivity contribution in [2.75, 3.05) is 0 Å². The Balaban J connectivity index is 2.08. The summed E-state index contributed by atoms with van der Waals surface area (Å²) in [5, 5.41) is 20.0. The van der Waals surface area contributed by atoms with E-state index in [1.807, 2.05) is 32.0 Å². The molecule has 5 heteroatoms. The molecule has 3 rings (SSSR count). The quantitative estimate of drug-likeness (QED) is 0.843. The maximum atomic E-state index is 12.8. The number of benzene rings is 2. The Morgan fingerprint density at radius 3 is 2.37 bits per heavy atom. The van der Waals surface area contributed by atoms with E-state index >= 15 is 0 Å². The summed E-state index contributed by atoms with van der Waals surface area (Å²) in [4.78, 5) is 26.8. The van der Waals surface area contributed by atoms with Crippen LogP contribution in [0.15, 0.2) is 53.8 Å². The Hall–Kier alpha value is -3.08. The summed E-state index contributed by atoms with van der Waals surface area (Å²) >= 11 is 0. The van der Waals surface area contributed by atoms with Crippen LogP contribution in [0.25, 0.3) is 0 Å². The molecule has 0 spiro atoms. The van der Waals surface area contributed by atoms with Gasteiger partial charge in [-0.1, -0.05) is 42.8 Å². The Labute approximate surface area is 158 Å². The number of carbonyl (C=O) groups is 2. The van der Waals surface area contributed by atoms with E-state index in [1.165, 1.54) is 17.0 Å². The van der Waals surface area contributed by atoms with Gasteiger partial charge in [-0.2, -0.15) is 0 Å². The first-order valence-electron chi connectivity index (χ1n) is 8.95. The number of hydrogen-bond acceptors (Lipinski definition) is 4. The van der Waals surface area contributed by atoms with Crippen LogP contribution in [0.5, 0.6) is 5.75 Å². The number of rotatable bonds is 5. The van der Waals surface area contributed by atoms with Crippen LogP contribution in [0, 0.1) is 13.8 Å². The van der Waals surface area contributed by atoms with Gasteiger partial charge in [0.05, 0.1) is 11.6 Å². The number of ketones is 1. The predicted molar refractivity (Wildman–Crippen MR) is 102 cm³/mol. The third kappa shape index (κ3) is 3.45. The highest BCUT2D eigenvalue weighted by molar-refractivity contribution is 6.08. The zero-order valence-corrected chi connectivity index (χ0v) is 15.7. The summed E-state index contributed by atoms with van der Waals surface area (Å²) < 4.78 is 0. The van der Waals surface area contributed by atoms with Crippen molar-refractivity contribution in [2.24, 2.45) is 0 Å². The monoisotopic (exact) mass is 365 g/mol. The van der Waals surface area contributed by atoms with Crippen LogP contribution in [0.2, 0.25) is 0 Å². The molecule has 2 N–H and O–H groups in total. The van der Waals surface area contributed by atoms with Gasteiger partial charge in [0.1, 0.15) is 5.75 Å². The number of amides is 1. The van der Waals surface area contributed by atoms with E-state index < -0.39 is 17.7 Å². The van der Waals surface area contributed by atoms with Crippen LogP contribution in [0.1, 0.15) is 41.6 Å². The fraction of sp³-hybridized carbons (Fsp3) is 0.273. The van der Waals surface area contributed by atoms with Gasteiger partial charge in [0, 0.05) is 13.0 Å². The molecule has 1 aliphatic rings. The summed E-state index contributed by atoms with van der Waals surface area (Å²) in [6, 6.07) is 11.7. The molecule has 2 aromatic carbocycles. The normalized spacial score (nSPS) is 16.9. The SMILES string of the molecule is CCC(=O)C1=C(O)C(=O)N(Cc2cc(C)ccc2C)C1c1ccc(O)cc1. The summed E-state index contributed by atoms with van der Waals surface area (Å²) in [5.74, 6) is -1.20. The number of phenols is 1. The number of aryl methyl sites for hydroxylation is 2. The summed E-state index contributed by atoms with van der Waals surface area (Å²) in [5.41, 5.74) is 3.87. The van der Waals surface area contributed by atoms with Crippen molar-refractivity contribution in [3.63, 3.8) is 0 Å². The third-order valence-corrected chi connectivity index (χ3v) is 4.98. The molecular formula is C22H23NO4. The lowest BCUT2D eigenvalue weighted by Gasteiger charge is -2.27. The van der Waals surface area contributed by atoms with Gasteiger partial charge < -0.3 is 15.1 Å². The number of carbonyl (C=O) groups excluding carboxylic acids is 2. The molecule has 0 aromatic heterocycles. The molecule has 0 aliphatic carbocycles. The maximum absolute atomic E-state index is 12.8. The zero-order chi connectivity index (χ0) is 19.7. The van der Waals surface area contributed by atoms with Crippen molar-refractivity contribution in [3.05, 3.63) is 76.1 Å². The van der Waals surface area contributed by atoms with E-state index in [-0.39, 0.29) is 30.1 Å². The van der Waals surface area contributed by atoms with Gasteiger partial charge in [0.2, 0.25) is 0 Å². The lowest BCUT2D eigenvalue weighted by molar-refractivity contribution is -0.130. The largest absolute Gasteiger partial charge is 0.508 e. The van der Waals surface area contributed by atoms with Crippen LogP contribution >= 0.6 is 0 Å². The molecule has 0 fully saturated rings. The number of phenolic OH excluding ortho intramolecular Hbond substituents is 1. The number of aromatic hydroxyl groups is 1.